The van der Waals surface area contributed by atoms with Gasteiger partial charge in [0.15, 0.2) is 5.58 Å². The second-order valence-electron chi connectivity index (χ2n) is 10.3. The first kappa shape index (κ1) is 29.7. The highest BCUT2D eigenvalue weighted by molar-refractivity contribution is 7.12. The van der Waals surface area contributed by atoms with E-state index < -0.39 is 0 Å². The molecule has 3 aromatic rings. The number of benzene rings is 1. The van der Waals surface area contributed by atoms with E-state index in [1.807, 2.05) is 6.07 Å². The number of rotatable bonds is 11. The standard InChI is InChI=1S/C28H36N4O2S.2ClH/c1-3-31(2)18-25-27(33-19-21-4-5-21)11-9-24-26(30-34-28(24)25)10-6-20-12-14-32(15-13-20)17-23-8-7-22(16-29)35-23;;/h7-9,11,20-21H,3-6,10,12-15,17-19H2,1-2H3;2*1H. The fourth-order valence-corrected chi connectivity index (χ4v) is 5.80. The van der Waals surface area contributed by atoms with Crippen LogP contribution < -0.4 is 4.74 Å². The van der Waals surface area contributed by atoms with Crippen LogP contribution in [0.25, 0.3) is 11.0 Å². The van der Waals surface area contributed by atoms with Crippen LogP contribution in [0.5, 0.6) is 5.75 Å². The lowest BCUT2D eigenvalue weighted by Gasteiger charge is -2.31. The number of nitriles is 1. The molecule has 1 saturated carbocycles. The van der Waals surface area contributed by atoms with Gasteiger partial charge in [-0.15, -0.1) is 36.2 Å². The van der Waals surface area contributed by atoms with Gasteiger partial charge in [-0.1, -0.05) is 12.1 Å². The lowest BCUT2D eigenvalue weighted by atomic mass is 9.91. The van der Waals surface area contributed by atoms with Gasteiger partial charge in [-0.3, -0.25) is 4.90 Å². The maximum Gasteiger partial charge on any atom is 0.175 e. The normalized spacial score (nSPS) is 16.4. The van der Waals surface area contributed by atoms with Crippen LogP contribution in [0.15, 0.2) is 28.8 Å². The van der Waals surface area contributed by atoms with Crippen molar-refractivity contribution in [3.8, 4) is 11.8 Å². The Morgan fingerprint density at radius 1 is 1.14 bits per heavy atom. The van der Waals surface area contributed by atoms with Crippen LogP contribution in [0.1, 0.15) is 60.0 Å². The van der Waals surface area contributed by atoms with Crippen molar-refractivity contribution in [2.75, 3.05) is 33.3 Å². The highest BCUT2D eigenvalue weighted by Crippen LogP contribution is 2.35. The fourth-order valence-electron chi connectivity index (χ4n) is 4.95. The van der Waals surface area contributed by atoms with Crippen molar-refractivity contribution in [1.29, 1.82) is 5.26 Å². The van der Waals surface area contributed by atoms with Gasteiger partial charge in [-0.05, 0) is 101 Å². The Labute approximate surface area is 236 Å². The highest BCUT2D eigenvalue weighted by Gasteiger charge is 2.25. The average Bonchev–Trinajstić information content (AvgIpc) is 3.45. The summed E-state index contributed by atoms with van der Waals surface area (Å²) < 4.78 is 12.1. The van der Waals surface area contributed by atoms with Crippen LogP contribution in [0.4, 0.5) is 0 Å². The number of aryl methyl sites for hydroxylation is 1. The molecular formula is C28H38Cl2N4O2S. The summed E-state index contributed by atoms with van der Waals surface area (Å²) in [6.07, 6.45) is 7.12. The van der Waals surface area contributed by atoms with E-state index in [-0.39, 0.29) is 24.8 Å². The van der Waals surface area contributed by atoms with E-state index in [4.69, 9.17) is 14.5 Å². The van der Waals surface area contributed by atoms with Crippen molar-refractivity contribution in [2.45, 2.75) is 58.5 Å². The Morgan fingerprint density at radius 2 is 1.92 bits per heavy atom. The Kier molecular flexibility index (Phi) is 11.1. The van der Waals surface area contributed by atoms with Crippen LogP contribution in [-0.4, -0.2) is 48.2 Å². The summed E-state index contributed by atoms with van der Waals surface area (Å²) in [6, 6.07) is 10.6. The Hall–Kier alpha value is -1.82. The zero-order valence-electron chi connectivity index (χ0n) is 21.8. The maximum absolute atomic E-state index is 9.05. The molecule has 1 aliphatic carbocycles. The van der Waals surface area contributed by atoms with Crippen molar-refractivity contribution < 1.29 is 9.26 Å². The van der Waals surface area contributed by atoms with E-state index in [0.717, 1.165) is 96.9 Å². The summed E-state index contributed by atoms with van der Waals surface area (Å²) in [6.45, 7) is 7.97. The molecule has 0 bridgehead atoms. The molecule has 0 atom stereocenters. The van der Waals surface area contributed by atoms with Crippen molar-refractivity contribution >= 4 is 47.1 Å². The number of thiophene rings is 1. The number of aromatic nitrogens is 1. The molecule has 5 rings (SSSR count). The molecule has 1 aromatic carbocycles. The van der Waals surface area contributed by atoms with Gasteiger partial charge in [0.25, 0.3) is 0 Å². The lowest BCUT2D eigenvalue weighted by molar-refractivity contribution is 0.173. The second-order valence-corrected chi connectivity index (χ2v) is 11.4. The first-order valence-corrected chi connectivity index (χ1v) is 13.9. The van der Waals surface area contributed by atoms with Crippen LogP contribution in [-0.2, 0) is 19.5 Å². The highest BCUT2D eigenvalue weighted by atomic mass is 35.5. The van der Waals surface area contributed by atoms with Crippen LogP contribution in [0, 0.1) is 23.2 Å². The van der Waals surface area contributed by atoms with Gasteiger partial charge in [-0.2, -0.15) is 5.26 Å². The van der Waals surface area contributed by atoms with Gasteiger partial charge < -0.3 is 14.2 Å². The molecule has 9 heteroatoms. The molecule has 0 radical (unpaired) electrons. The third kappa shape index (κ3) is 7.61. The lowest BCUT2D eigenvalue weighted by Crippen LogP contribution is -2.33. The van der Waals surface area contributed by atoms with Gasteiger partial charge in [0.1, 0.15) is 16.7 Å². The first-order chi connectivity index (χ1) is 17.1. The molecule has 6 nitrogen and oxygen atoms in total. The minimum Gasteiger partial charge on any atom is -0.493 e. The molecule has 2 aliphatic rings. The smallest absolute Gasteiger partial charge is 0.175 e. The Bertz CT molecular complexity index is 1180. The van der Waals surface area contributed by atoms with E-state index in [1.165, 1.54) is 30.6 Å². The molecule has 2 aromatic heterocycles. The summed E-state index contributed by atoms with van der Waals surface area (Å²) in [5, 5.41) is 14.7. The van der Waals surface area contributed by atoms with Gasteiger partial charge in [0, 0.05) is 23.4 Å². The van der Waals surface area contributed by atoms with Crippen molar-refractivity contribution in [3.63, 3.8) is 0 Å². The predicted molar refractivity (Wildman–Crippen MR) is 154 cm³/mol. The van der Waals surface area contributed by atoms with Crippen molar-refractivity contribution in [2.24, 2.45) is 11.8 Å². The number of hydrogen-bond acceptors (Lipinski definition) is 7. The van der Waals surface area contributed by atoms with Gasteiger partial charge >= 0.3 is 0 Å². The Morgan fingerprint density at radius 3 is 2.59 bits per heavy atom. The third-order valence-corrected chi connectivity index (χ3v) is 8.54. The van der Waals surface area contributed by atoms with E-state index in [0.29, 0.717) is 0 Å². The average molecular weight is 566 g/mol. The predicted octanol–water partition coefficient (Wildman–Crippen LogP) is 6.69. The fraction of sp³-hybridized carbons (Fsp3) is 0.571. The van der Waals surface area contributed by atoms with E-state index in [2.05, 4.69) is 53.2 Å². The van der Waals surface area contributed by atoms with Gasteiger partial charge in [0.2, 0.25) is 0 Å². The van der Waals surface area contributed by atoms with E-state index >= 15 is 0 Å². The number of fused-ring (bicyclic) bond motifs is 1. The summed E-state index contributed by atoms with van der Waals surface area (Å²) in [7, 11) is 2.13. The van der Waals surface area contributed by atoms with Gasteiger partial charge in [-0.25, -0.2) is 0 Å². The molecule has 0 N–H and O–H groups in total. The number of likely N-dealkylation sites (tertiary alicyclic amines) is 1. The molecule has 1 aliphatic heterocycles. The summed E-state index contributed by atoms with van der Waals surface area (Å²) in [5.41, 5.74) is 3.11. The monoisotopic (exact) mass is 564 g/mol. The zero-order chi connectivity index (χ0) is 24.2. The van der Waals surface area contributed by atoms with E-state index in [1.54, 1.807) is 11.3 Å². The van der Waals surface area contributed by atoms with Crippen LogP contribution >= 0.6 is 36.2 Å². The SMILES string of the molecule is CCN(C)Cc1c(OCC2CC2)ccc2c(CCC3CCN(Cc4ccc(C#N)s4)CC3)noc12.Cl.Cl. The third-order valence-electron chi connectivity index (χ3n) is 7.56. The molecule has 0 unspecified atom stereocenters. The minimum atomic E-state index is 0. The van der Waals surface area contributed by atoms with E-state index in [9.17, 15) is 0 Å². The number of piperidine rings is 1. The minimum absolute atomic E-state index is 0. The molecule has 3 heterocycles. The molecular weight excluding hydrogens is 527 g/mol. The number of nitrogens with zero attached hydrogens (tertiary/aromatic N) is 4. The van der Waals surface area contributed by atoms with Gasteiger partial charge in [0.05, 0.1) is 17.9 Å². The summed E-state index contributed by atoms with van der Waals surface area (Å²) >= 11 is 1.62. The zero-order valence-corrected chi connectivity index (χ0v) is 24.2. The van der Waals surface area contributed by atoms with Crippen molar-refractivity contribution in [1.82, 2.24) is 15.0 Å². The molecule has 0 spiro atoms. The molecule has 202 valence electrons. The Balaban J connectivity index is 0.00000190. The summed E-state index contributed by atoms with van der Waals surface area (Å²) in [5.74, 6) is 2.40. The molecule has 2 fully saturated rings. The molecule has 37 heavy (non-hydrogen) atoms. The molecule has 1 saturated heterocycles. The quantitative estimate of drug-likeness (QED) is 0.258. The number of halogens is 2. The summed E-state index contributed by atoms with van der Waals surface area (Å²) in [4.78, 5) is 6.90. The van der Waals surface area contributed by atoms with Crippen LogP contribution in [0.2, 0.25) is 0 Å². The van der Waals surface area contributed by atoms with Crippen LogP contribution in [0.3, 0.4) is 0 Å². The largest absolute Gasteiger partial charge is 0.493 e. The number of hydrogen-bond donors (Lipinski definition) is 0. The first-order valence-electron chi connectivity index (χ1n) is 13.1. The topological polar surface area (TPSA) is 65.5 Å². The maximum atomic E-state index is 9.05. The van der Waals surface area contributed by atoms with Crippen molar-refractivity contribution in [3.05, 3.63) is 45.3 Å². The number of ether oxygens (including phenoxy) is 1. The molecule has 0 amide bonds. The second kappa shape index (κ2) is 13.8.